The lowest BCUT2D eigenvalue weighted by Crippen LogP contribution is -2.46. The van der Waals surface area contributed by atoms with Gasteiger partial charge in [0.05, 0.1) is 24.8 Å². The molecule has 170 valence electrons. The maximum atomic E-state index is 14.6. The van der Waals surface area contributed by atoms with E-state index in [1.807, 2.05) is 48.5 Å². The van der Waals surface area contributed by atoms with E-state index in [0.29, 0.717) is 38.0 Å². The van der Waals surface area contributed by atoms with Crippen LogP contribution in [0.1, 0.15) is 6.42 Å². The SMILES string of the molecule is CN1CC[C@H](Nc2nc(OC3COC3)c3c(-c4ccc5ncccc5c4)ccn3n2)[C@H](F)C1. The Bertz CT molecular complexity index is 1310. The first-order valence-electron chi connectivity index (χ1n) is 11.2. The van der Waals surface area contributed by atoms with E-state index < -0.39 is 6.17 Å². The van der Waals surface area contributed by atoms with Gasteiger partial charge in [-0.2, -0.15) is 4.98 Å². The van der Waals surface area contributed by atoms with Crippen LogP contribution in [0.25, 0.3) is 27.5 Å². The van der Waals surface area contributed by atoms with Crippen LogP contribution in [0.5, 0.6) is 5.88 Å². The maximum absolute atomic E-state index is 14.6. The molecule has 2 atom stereocenters. The lowest BCUT2D eigenvalue weighted by atomic mass is 10.0. The largest absolute Gasteiger partial charge is 0.468 e. The Balaban J connectivity index is 1.40. The molecule has 0 saturated carbocycles. The maximum Gasteiger partial charge on any atom is 0.244 e. The summed E-state index contributed by atoms with van der Waals surface area (Å²) in [5.41, 5.74) is 3.70. The van der Waals surface area contributed by atoms with E-state index in [9.17, 15) is 4.39 Å². The minimum Gasteiger partial charge on any atom is -0.468 e. The average molecular weight is 449 g/mol. The Hall–Kier alpha value is -3.30. The number of nitrogens with one attached hydrogen (secondary N) is 1. The number of pyridine rings is 1. The summed E-state index contributed by atoms with van der Waals surface area (Å²) in [6.45, 7) is 2.27. The van der Waals surface area contributed by atoms with Crippen molar-refractivity contribution < 1.29 is 13.9 Å². The first-order chi connectivity index (χ1) is 16.1. The van der Waals surface area contributed by atoms with Crippen LogP contribution in [-0.2, 0) is 4.74 Å². The van der Waals surface area contributed by atoms with Crippen molar-refractivity contribution in [2.75, 3.05) is 38.7 Å². The first kappa shape index (κ1) is 20.3. The quantitative estimate of drug-likeness (QED) is 0.503. The highest BCUT2D eigenvalue weighted by Crippen LogP contribution is 2.34. The zero-order chi connectivity index (χ0) is 22.4. The molecule has 9 heteroatoms. The van der Waals surface area contributed by atoms with Gasteiger partial charge in [0, 0.05) is 36.4 Å². The van der Waals surface area contributed by atoms with E-state index >= 15 is 0 Å². The van der Waals surface area contributed by atoms with Gasteiger partial charge in [0.25, 0.3) is 0 Å². The fourth-order valence-electron chi connectivity index (χ4n) is 4.44. The lowest BCUT2D eigenvalue weighted by Gasteiger charge is -2.32. The van der Waals surface area contributed by atoms with Crippen molar-refractivity contribution in [3.63, 3.8) is 0 Å². The molecule has 0 bridgehead atoms. The molecule has 4 aromatic rings. The number of hydrogen-bond donors (Lipinski definition) is 1. The number of hydrogen-bond acceptors (Lipinski definition) is 7. The van der Waals surface area contributed by atoms with Crippen molar-refractivity contribution in [2.45, 2.75) is 24.7 Å². The number of fused-ring (bicyclic) bond motifs is 2. The normalized spacial score (nSPS) is 21.9. The van der Waals surface area contributed by atoms with Crippen LogP contribution in [0.3, 0.4) is 0 Å². The second-order valence-corrected chi connectivity index (χ2v) is 8.77. The third-order valence-electron chi connectivity index (χ3n) is 6.34. The van der Waals surface area contributed by atoms with Crippen molar-refractivity contribution in [3.05, 3.63) is 48.8 Å². The molecule has 3 aromatic heterocycles. The van der Waals surface area contributed by atoms with Crippen LogP contribution in [0, 0.1) is 0 Å². The molecular formula is C24H25FN6O2. The zero-order valence-electron chi connectivity index (χ0n) is 18.3. The minimum absolute atomic E-state index is 0.0580. The molecule has 0 amide bonds. The number of nitrogens with zero attached hydrogens (tertiary/aromatic N) is 5. The Morgan fingerprint density at radius 1 is 1.21 bits per heavy atom. The van der Waals surface area contributed by atoms with Crippen molar-refractivity contribution >= 4 is 22.4 Å². The number of halogens is 1. The van der Waals surface area contributed by atoms with Crippen LogP contribution >= 0.6 is 0 Å². The third kappa shape index (κ3) is 3.87. The van der Waals surface area contributed by atoms with Crippen LogP contribution in [0.4, 0.5) is 10.3 Å². The Labute approximate surface area is 190 Å². The molecule has 6 rings (SSSR count). The van der Waals surface area contributed by atoms with Crippen molar-refractivity contribution in [3.8, 4) is 17.0 Å². The van der Waals surface area contributed by atoms with Gasteiger partial charge >= 0.3 is 0 Å². The van der Waals surface area contributed by atoms with Crippen LogP contribution in [0.15, 0.2) is 48.8 Å². The van der Waals surface area contributed by atoms with Crippen LogP contribution in [0.2, 0.25) is 0 Å². The number of aromatic nitrogens is 4. The minimum atomic E-state index is -0.987. The number of alkyl halides is 1. The predicted molar refractivity (Wildman–Crippen MR) is 123 cm³/mol. The molecule has 0 unspecified atom stereocenters. The van der Waals surface area contributed by atoms with Gasteiger partial charge in [0.15, 0.2) is 0 Å². The topological polar surface area (TPSA) is 76.8 Å². The van der Waals surface area contributed by atoms with Crippen molar-refractivity contribution in [2.24, 2.45) is 0 Å². The fourth-order valence-corrected chi connectivity index (χ4v) is 4.44. The van der Waals surface area contributed by atoms with Gasteiger partial charge in [-0.05, 0) is 43.3 Å². The molecule has 0 spiro atoms. The number of anilines is 1. The smallest absolute Gasteiger partial charge is 0.244 e. The summed E-state index contributed by atoms with van der Waals surface area (Å²) in [7, 11) is 1.93. The highest BCUT2D eigenvalue weighted by molar-refractivity contribution is 5.90. The van der Waals surface area contributed by atoms with Gasteiger partial charge in [-0.15, -0.1) is 5.10 Å². The molecule has 2 aliphatic rings. The molecule has 1 N–H and O–H groups in total. The highest BCUT2D eigenvalue weighted by Gasteiger charge is 2.29. The molecule has 5 heterocycles. The van der Waals surface area contributed by atoms with Crippen molar-refractivity contribution in [1.82, 2.24) is 24.5 Å². The molecule has 1 aromatic carbocycles. The molecule has 33 heavy (non-hydrogen) atoms. The average Bonchev–Trinajstić information content (AvgIpc) is 3.22. The number of piperidine rings is 1. The van der Waals surface area contributed by atoms with Crippen molar-refractivity contribution in [1.29, 1.82) is 0 Å². The van der Waals surface area contributed by atoms with E-state index in [2.05, 4.69) is 26.4 Å². The zero-order valence-corrected chi connectivity index (χ0v) is 18.3. The summed E-state index contributed by atoms with van der Waals surface area (Å²) in [5.74, 6) is 0.829. The second-order valence-electron chi connectivity index (χ2n) is 8.77. The molecule has 2 fully saturated rings. The third-order valence-corrected chi connectivity index (χ3v) is 6.34. The van der Waals surface area contributed by atoms with Gasteiger partial charge in [-0.1, -0.05) is 12.1 Å². The van der Waals surface area contributed by atoms with E-state index in [4.69, 9.17) is 9.47 Å². The highest BCUT2D eigenvalue weighted by atomic mass is 19.1. The van der Waals surface area contributed by atoms with Crippen LogP contribution in [-0.4, -0.2) is 76.2 Å². The monoisotopic (exact) mass is 448 g/mol. The van der Waals surface area contributed by atoms with Gasteiger partial charge in [0.2, 0.25) is 11.8 Å². The fraction of sp³-hybridized carbons (Fsp3) is 0.375. The lowest BCUT2D eigenvalue weighted by molar-refractivity contribution is -0.0808. The molecule has 2 saturated heterocycles. The number of likely N-dealkylation sites (tertiary alicyclic amines) is 1. The summed E-state index contributed by atoms with van der Waals surface area (Å²) in [6, 6.07) is 11.8. The standard InChI is InChI=1S/C24H25FN6O2/c1-30-9-7-21(19(25)12-30)27-24-28-23(33-17-13-32-14-17)22-18(6-10-31(22)29-24)15-4-5-20-16(11-15)3-2-8-26-20/h2-6,8,10-11,17,19,21H,7,9,12-14H2,1H3,(H,27,29)/t19-,21+/m1/s1. The predicted octanol–water partition coefficient (Wildman–Crippen LogP) is 3.18. The second kappa shape index (κ2) is 8.24. The molecule has 2 aliphatic heterocycles. The van der Waals surface area contributed by atoms with E-state index in [1.54, 1.807) is 10.7 Å². The Kier molecular flexibility index (Phi) is 5.07. The van der Waals surface area contributed by atoms with Crippen LogP contribution < -0.4 is 10.1 Å². The Morgan fingerprint density at radius 3 is 2.94 bits per heavy atom. The van der Waals surface area contributed by atoms with Gasteiger partial charge in [-0.25, -0.2) is 8.91 Å². The number of ether oxygens (including phenoxy) is 2. The molecule has 0 aliphatic carbocycles. The molecular weight excluding hydrogens is 423 g/mol. The summed E-state index contributed by atoms with van der Waals surface area (Å²) in [5, 5.41) is 8.89. The Morgan fingerprint density at radius 2 is 2.12 bits per heavy atom. The first-order valence-corrected chi connectivity index (χ1v) is 11.2. The van der Waals surface area contributed by atoms with E-state index in [-0.39, 0.29) is 12.1 Å². The summed E-state index contributed by atoms with van der Waals surface area (Å²) in [6.07, 6.45) is 3.32. The number of benzene rings is 1. The van der Waals surface area contributed by atoms with Gasteiger partial charge in [-0.3, -0.25) is 4.98 Å². The number of rotatable bonds is 5. The van der Waals surface area contributed by atoms with Gasteiger partial charge < -0.3 is 19.7 Å². The van der Waals surface area contributed by atoms with E-state index in [1.165, 1.54) is 0 Å². The summed E-state index contributed by atoms with van der Waals surface area (Å²) < 4.78 is 27.8. The molecule has 0 radical (unpaired) electrons. The molecule has 8 nitrogen and oxygen atoms in total. The summed E-state index contributed by atoms with van der Waals surface area (Å²) >= 11 is 0. The summed E-state index contributed by atoms with van der Waals surface area (Å²) in [4.78, 5) is 11.1. The van der Waals surface area contributed by atoms with E-state index in [0.717, 1.165) is 34.1 Å². The van der Waals surface area contributed by atoms with Gasteiger partial charge in [0.1, 0.15) is 17.8 Å².